The fourth-order valence-corrected chi connectivity index (χ4v) is 4.50. The summed E-state index contributed by atoms with van der Waals surface area (Å²) in [4.78, 5) is 39.2. The molecule has 10 heteroatoms. The summed E-state index contributed by atoms with van der Waals surface area (Å²) in [5.74, 6) is -5.83. The monoisotopic (exact) mass is 491 g/mol. The average molecular weight is 492 g/mol. The van der Waals surface area contributed by atoms with Crippen molar-refractivity contribution < 1.29 is 28.3 Å². The number of rotatable bonds is 5. The number of fused-ring (bicyclic) bond motifs is 1. The van der Waals surface area contributed by atoms with Gasteiger partial charge in [-0.25, -0.2) is 0 Å². The molecule has 1 unspecified atom stereocenters. The molecule has 7 nitrogen and oxygen atoms in total. The van der Waals surface area contributed by atoms with Crippen LogP contribution >= 0.6 is 11.6 Å². The maximum Gasteiger partial charge on any atom is 0.349 e. The SMILES string of the molecule is Cc1ccc(C(F)(F)C(=O)NCc2ccc3c(c2)CN(C2CCC(=O)N(C)C2=O)[C@H]3O)cc1Cl. The molecule has 1 fully saturated rings. The Hall–Kier alpha value is -2.88. The van der Waals surface area contributed by atoms with Gasteiger partial charge in [0.2, 0.25) is 11.8 Å². The van der Waals surface area contributed by atoms with Gasteiger partial charge in [0.25, 0.3) is 5.91 Å². The third-order valence-corrected chi connectivity index (χ3v) is 6.85. The highest BCUT2D eigenvalue weighted by Gasteiger charge is 2.43. The van der Waals surface area contributed by atoms with Crippen LogP contribution in [0.5, 0.6) is 0 Å². The lowest BCUT2D eigenvalue weighted by Crippen LogP contribution is -2.52. The lowest BCUT2D eigenvalue weighted by Gasteiger charge is -2.35. The zero-order valence-electron chi connectivity index (χ0n) is 18.6. The summed E-state index contributed by atoms with van der Waals surface area (Å²) in [6, 6.07) is 8.05. The van der Waals surface area contributed by atoms with E-state index in [0.29, 0.717) is 23.1 Å². The number of amides is 3. The fourth-order valence-electron chi connectivity index (χ4n) is 4.32. The van der Waals surface area contributed by atoms with Gasteiger partial charge in [0.05, 0.1) is 6.04 Å². The number of piperidine rings is 1. The van der Waals surface area contributed by atoms with Crippen molar-refractivity contribution in [3.8, 4) is 0 Å². The molecule has 0 saturated carbocycles. The van der Waals surface area contributed by atoms with Crippen LogP contribution in [0, 0.1) is 6.92 Å². The molecule has 34 heavy (non-hydrogen) atoms. The lowest BCUT2D eigenvalue weighted by atomic mass is 10.0. The van der Waals surface area contributed by atoms with Crippen molar-refractivity contribution in [1.82, 2.24) is 15.1 Å². The third kappa shape index (κ3) is 4.31. The van der Waals surface area contributed by atoms with Crippen LogP contribution in [0.15, 0.2) is 36.4 Å². The summed E-state index contributed by atoms with van der Waals surface area (Å²) in [5.41, 5.74) is 2.03. The topological polar surface area (TPSA) is 90.0 Å². The number of aryl methyl sites for hydroxylation is 1. The van der Waals surface area contributed by atoms with Gasteiger partial charge in [-0.15, -0.1) is 0 Å². The summed E-state index contributed by atoms with van der Waals surface area (Å²) in [6.07, 6.45) is -0.497. The first-order valence-corrected chi connectivity index (χ1v) is 11.2. The molecule has 0 aromatic heterocycles. The van der Waals surface area contributed by atoms with Crippen LogP contribution in [0.25, 0.3) is 0 Å². The molecular formula is C24H24ClF2N3O4. The van der Waals surface area contributed by atoms with E-state index in [1.807, 2.05) is 0 Å². The average Bonchev–Trinajstić information content (AvgIpc) is 3.13. The van der Waals surface area contributed by atoms with E-state index in [1.54, 1.807) is 30.0 Å². The van der Waals surface area contributed by atoms with E-state index in [4.69, 9.17) is 11.6 Å². The Morgan fingerprint density at radius 3 is 2.68 bits per heavy atom. The van der Waals surface area contributed by atoms with Gasteiger partial charge in [0.1, 0.15) is 6.23 Å². The second kappa shape index (κ2) is 9.05. The molecule has 3 amide bonds. The van der Waals surface area contributed by atoms with E-state index in [9.17, 15) is 28.3 Å². The molecule has 2 N–H and O–H groups in total. The maximum atomic E-state index is 14.6. The Kier molecular flexibility index (Phi) is 6.46. The van der Waals surface area contributed by atoms with Crippen LogP contribution < -0.4 is 5.32 Å². The molecule has 2 aliphatic heterocycles. The number of hydrogen-bond acceptors (Lipinski definition) is 5. The van der Waals surface area contributed by atoms with Crippen LogP contribution in [-0.2, 0) is 33.4 Å². The predicted octanol–water partition coefficient (Wildman–Crippen LogP) is 3.01. The van der Waals surface area contributed by atoms with Gasteiger partial charge in [-0.05, 0) is 41.7 Å². The van der Waals surface area contributed by atoms with Crippen molar-refractivity contribution in [3.05, 3.63) is 69.2 Å². The third-order valence-electron chi connectivity index (χ3n) is 6.45. The minimum absolute atomic E-state index is 0.142. The molecule has 0 spiro atoms. The molecule has 2 aliphatic rings. The molecular weight excluding hydrogens is 468 g/mol. The molecule has 2 aromatic rings. The number of imide groups is 1. The minimum atomic E-state index is -3.76. The Labute approximate surface area is 200 Å². The van der Waals surface area contributed by atoms with Gasteiger partial charge in [0, 0.05) is 37.1 Å². The standard InChI is InChI=1S/C24H24ClF2N3O4/c1-13-3-5-16(10-18(13)25)24(26,27)23(34)28-11-14-4-6-17-15(9-14)12-30(21(17)32)19-7-8-20(31)29(2)22(19)33/h3-6,9-10,19,21,32H,7-8,11-12H2,1-2H3,(H,28,34)/t19?,21-/m0/s1. The van der Waals surface area contributed by atoms with E-state index in [1.165, 1.54) is 19.2 Å². The van der Waals surface area contributed by atoms with Crippen LogP contribution in [-0.4, -0.2) is 45.7 Å². The number of aliphatic hydroxyl groups excluding tert-OH is 1. The molecule has 0 radical (unpaired) electrons. The number of carbonyl (C=O) groups is 3. The van der Waals surface area contributed by atoms with Crippen LogP contribution in [0.3, 0.4) is 0 Å². The Morgan fingerprint density at radius 2 is 1.97 bits per heavy atom. The van der Waals surface area contributed by atoms with Gasteiger partial charge < -0.3 is 10.4 Å². The molecule has 2 aromatic carbocycles. The molecule has 1 saturated heterocycles. The first-order chi connectivity index (χ1) is 16.0. The van der Waals surface area contributed by atoms with Crippen molar-refractivity contribution in [3.63, 3.8) is 0 Å². The van der Waals surface area contributed by atoms with Crippen molar-refractivity contribution in [2.45, 2.75) is 51.0 Å². The van der Waals surface area contributed by atoms with Gasteiger partial charge in [0.15, 0.2) is 0 Å². The fraction of sp³-hybridized carbons (Fsp3) is 0.375. The van der Waals surface area contributed by atoms with Crippen molar-refractivity contribution in [1.29, 1.82) is 0 Å². The number of benzene rings is 2. The highest BCUT2D eigenvalue weighted by Crippen LogP contribution is 2.36. The molecule has 180 valence electrons. The summed E-state index contributed by atoms with van der Waals surface area (Å²) in [6.45, 7) is 1.80. The summed E-state index contributed by atoms with van der Waals surface area (Å²) < 4.78 is 29.2. The first-order valence-electron chi connectivity index (χ1n) is 10.8. The van der Waals surface area contributed by atoms with Crippen LogP contribution in [0.2, 0.25) is 5.02 Å². The van der Waals surface area contributed by atoms with Gasteiger partial charge in [-0.3, -0.25) is 24.2 Å². The van der Waals surface area contributed by atoms with E-state index in [-0.39, 0.29) is 36.3 Å². The van der Waals surface area contributed by atoms with E-state index in [2.05, 4.69) is 5.32 Å². The quantitative estimate of drug-likeness (QED) is 0.628. The highest BCUT2D eigenvalue weighted by atomic mass is 35.5. The predicted molar refractivity (Wildman–Crippen MR) is 120 cm³/mol. The number of nitrogens with zero attached hydrogens (tertiary/aromatic N) is 2. The second-order valence-electron chi connectivity index (χ2n) is 8.65. The van der Waals surface area contributed by atoms with E-state index >= 15 is 0 Å². The van der Waals surface area contributed by atoms with E-state index < -0.39 is 29.7 Å². The first kappa shape index (κ1) is 24.3. The van der Waals surface area contributed by atoms with Crippen LogP contribution in [0.1, 0.15) is 46.9 Å². The zero-order chi connectivity index (χ0) is 24.8. The Bertz CT molecular complexity index is 1170. The second-order valence-corrected chi connectivity index (χ2v) is 9.05. The van der Waals surface area contributed by atoms with Gasteiger partial charge >= 0.3 is 5.92 Å². The largest absolute Gasteiger partial charge is 0.374 e. The van der Waals surface area contributed by atoms with Gasteiger partial charge in [-0.1, -0.05) is 41.9 Å². The number of nitrogens with one attached hydrogen (secondary N) is 1. The highest BCUT2D eigenvalue weighted by molar-refractivity contribution is 6.31. The van der Waals surface area contributed by atoms with Crippen LogP contribution in [0.4, 0.5) is 8.78 Å². The number of alkyl halides is 2. The molecule has 0 aliphatic carbocycles. The van der Waals surface area contributed by atoms with Crippen molar-refractivity contribution >= 4 is 29.3 Å². The molecule has 0 bridgehead atoms. The number of likely N-dealkylation sites (tertiary alicyclic amines) is 1. The minimum Gasteiger partial charge on any atom is -0.374 e. The van der Waals surface area contributed by atoms with Crippen molar-refractivity contribution in [2.75, 3.05) is 7.05 Å². The van der Waals surface area contributed by atoms with E-state index in [0.717, 1.165) is 16.5 Å². The molecule has 2 heterocycles. The normalized spacial score (nSPS) is 21.1. The molecule has 2 atom stereocenters. The number of carbonyl (C=O) groups excluding carboxylic acids is 3. The lowest BCUT2D eigenvalue weighted by molar-refractivity contribution is -0.155. The Balaban J connectivity index is 1.44. The molecule has 4 rings (SSSR count). The summed E-state index contributed by atoms with van der Waals surface area (Å²) in [5, 5.41) is 13.1. The number of aliphatic hydroxyl groups is 1. The number of halogens is 3. The number of likely N-dealkylation sites (N-methyl/N-ethyl adjacent to an activating group) is 1. The maximum absolute atomic E-state index is 14.6. The summed E-state index contributed by atoms with van der Waals surface area (Å²) >= 11 is 5.93. The van der Waals surface area contributed by atoms with Crippen molar-refractivity contribution in [2.24, 2.45) is 0 Å². The smallest absolute Gasteiger partial charge is 0.349 e. The summed E-state index contributed by atoms with van der Waals surface area (Å²) in [7, 11) is 1.42. The Morgan fingerprint density at radius 1 is 1.24 bits per heavy atom. The number of hydrogen-bond donors (Lipinski definition) is 2. The zero-order valence-corrected chi connectivity index (χ0v) is 19.4. The van der Waals surface area contributed by atoms with Gasteiger partial charge in [-0.2, -0.15) is 8.78 Å².